The minimum atomic E-state index is -3.60. The van der Waals surface area contributed by atoms with E-state index >= 15 is 0 Å². The van der Waals surface area contributed by atoms with Gasteiger partial charge in [0, 0.05) is 32.3 Å². The SMILES string of the molecule is C=C(C)C(=O)OC(C)OC(=O)NC1([Si](OCC)(OCC)OCC)C=CC=CO1. The number of esters is 1. The summed E-state index contributed by atoms with van der Waals surface area (Å²) in [5.41, 5.74) is 0.187. The lowest BCUT2D eigenvalue weighted by atomic mass is 10.4. The van der Waals surface area contributed by atoms with Gasteiger partial charge in [-0.25, -0.2) is 9.59 Å². The van der Waals surface area contributed by atoms with E-state index in [4.69, 9.17) is 27.5 Å². The second kappa shape index (κ2) is 11.0. The summed E-state index contributed by atoms with van der Waals surface area (Å²) < 4.78 is 33.4. The van der Waals surface area contributed by atoms with Crippen molar-refractivity contribution in [1.82, 2.24) is 5.32 Å². The first-order valence-corrected chi connectivity index (χ1v) is 10.8. The van der Waals surface area contributed by atoms with E-state index in [1.165, 1.54) is 20.1 Å². The van der Waals surface area contributed by atoms with Crippen molar-refractivity contribution in [1.29, 1.82) is 0 Å². The van der Waals surface area contributed by atoms with Crippen molar-refractivity contribution >= 4 is 20.9 Å². The Hall–Kier alpha value is -2.14. The summed E-state index contributed by atoms with van der Waals surface area (Å²) in [6.07, 6.45) is 4.23. The largest absolute Gasteiger partial charge is 0.574 e. The molecule has 1 aliphatic heterocycles. The Morgan fingerprint density at radius 1 is 1.11 bits per heavy atom. The van der Waals surface area contributed by atoms with Gasteiger partial charge in [0.15, 0.2) is 0 Å². The van der Waals surface area contributed by atoms with Crippen LogP contribution in [0.25, 0.3) is 0 Å². The molecule has 10 heteroatoms. The normalized spacial score (nSPS) is 19.5. The third kappa shape index (κ3) is 5.93. The van der Waals surface area contributed by atoms with Crippen molar-refractivity contribution in [3.05, 3.63) is 36.6 Å². The highest BCUT2D eigenvalue weighted by molar-refractivity contribution is 6.65. The van der Waals surface area contributed by atoms with E-state index in [0.717, 1.165) is 0 Å². The van der Waals surface area contributed by atoms with Crippen LogP contribution in [0, 0.1) is 0 Å². The Balaban J connectivity index is 3.07. The van der Waals surface area contributed by atoms with Crippen molar-refractivity contribution in [2.45, 2.75) is 46.3 Å². The average Bonchev–Trinajstić information content (AvgIpc) is 2.62. The standard InChI is InChI=1S/C18H29NO8Si/c1-7-23-28(24-8-2,25-9-3)18(12-10-11-13-22-18)19-17(21)27-15(6)26-16(20)14(4)5/h10-13,15H,4,7-9H2,1-3,5-6H3,(H,19,21). The number of ether oxygens (including phenoxy) is 3. The third-order valence-electron chi connectivity index (χ3n) is 3.41. The molecule has 1 N–H and O–H groups in total. The summed E-state index contributed by atoms with van der Waals surface area (Å²) in [6.45, 7) is 12.6. The van der Waals surface area contributed by atoms with Gasteiger partial charge in [0.05, 0.1) is 6.26 Å². The molecule has 9 nitrogen and oxygen atoms in total. The topological polar surface area (TPSA) is 102 Å². The van der Waals surface area contributed by atoms with E-state index in [-0.39, 0.29) is 25.4 Å². The molecule has 0 aromatic carbocycles. The Bertz CT molecular complexity index is 604. The Morgan fingerprint density at radius 2 is 1.68 bits per heavy atom. The molecule has 2 unspecified atom stereocenters. The number of rotatable bonds is 11. The maximum Gasteiger partial charge on any atom is 0.574 e. The van der Waals surface area contributed by atoms with Crippen molar-refractivity contribution < 1.29 is 37.1 Å². The number of allylic oxidation sites excluding steroid dienone is 2. The summed E-state index contributed by atoms with van der Waals surface area (Å²) in [5.74, 6) is -0.673. The van der Waals surface area contributed by atoms with Crippen LogP contribution < -0.4 is 5.32 Å². The van der Waals surface area contributed by atoms with Crippen molar-refractivity contribution in [3.63, 3.8) is 0 Å². The van der Waals surface area contributed by atoms with E-state index in [2.05, 4.69) is 11.9 Å². The molecule has 0 saturated carbocycles. The van der Waals surface area contributed by atoms with E-state index in [0.29, 0.717) is 0 Å². The second-order valence-corrected chi connectivity index (χ2v) is 8.40. The smallest absolute Gasteiger partial charge is 0.466 e. The van der Waals surface area contributed by atoms with Crippen LogP contribution in [0.5, 0.6) is 0 Å². The highest BCUT2D eigenvalue weighted by Crippen LogP contribution is 2.30. The van der Waals surface area contributed by atoms with Gasteiger partial charge < -0.3 is 27.5 Å². The van der Waals surface area contributed by atoms with Crippen molar-refractivity contribution in [3.8, 4) is 0 Å². The van der Waals surface area contributed by atoms with Crippen LogP contribution in [0.1, 0.15) is 34.6 Å². The Labute approximate surface area is 166 Å². The van der Waals surface area contributed by atoms with Crippen molar-refractivity contribution in [2.24, 2.45) is 0 Å². The van der Waals surface area contributed by atoms with Gasteiger partial charge in [-0.2, -0.15) is 0 Å². The van der Waals surface area contributed by atoms with Crippen LogP contribution in [-0.2, 0) is 32.3 Å². The van der Waals surface area contributed by atoms with Crippen LogP contribution in [0.3, 0.4) is 0 Å². The van der Waals surface area contributed by atoms with Crippen LogP contribution in [-0.4, -0.2) is 52.3 Å². The molecule has 0 aromatic heterocycles. The quantitative estimate of drug-likeness (QED) is 0.238. The molecule has 0 spiro atoms. The predicted molar refractivity (Wildman–Crippen MR) is 103 cm³/mol. The first-order chi connectivity index (χ1) is 13.3. The molecule has 1 aliphatic rings. The van der Waals surface area contributed by atoms with Gasteiger partial charge in [-0.05, 0) is 39.8 Å². The lowest BCUT2D eigenvalue weighted by molar-refractivity contribution is -0.160. The number of hydrogen-bond acceptors (Lipinski definition) is 8. The summed E-state index contributed by atoms with van der Waals surface area (Å²) in [7, 11) is -3.60. The van der Waals surface area contributed by atoms with Crippen LogP contribution in [0.2, 0.25) is 0 Å². The molecule has 0 aromatic rings. The minimum absolute atomic E-state index is 0.187. The summed E-state index contributed by atoms with van der Waals surface area (Å²) in [6, 6.07) is 0. The zero-order valence-electron chi connectivity index (χ0n) is 17.0. The predicted octanol–water partition coefficient (Wildman–Crippen LogP) is 2.56. The molecular weight excluding hydrogens is 386 g/mol. The maximum absolute atomic E-state index is 12.5. The monoisotopic (exact) mass is 415 g/mol. The molecular formula is C18H29NO8Si. The number of nitrogens with one attached hydrogen (secondary N) is 1. The van der Waals surface area contributed by atoms with Crippen molar-refractivity contribution in [2.75, 3.05) is 19.8 Å². The molecule has 158 valence electrons. The molecule has 0 fully saturated rings. The number of alkyl carbamates (subject to hydrolysis) is 1. The van der Waals surface area contributed by atoms with Crippen LogP contribution >= 0.6 is 0 Å². The van der Waals surface area contributed by atoms with Gasteiger partial charge in [0.1, 0.15) is 0 Å². The second-order valence-electron chi connectivity index (χ2n) is 5.68. The molecule has 28 heavy (non-hydrogen) atoms. The van der Waals surface area contributed by atoms with E-state index in [1.807, 2.05) is 0 Å². The molecule has 0 bridgehead atoms. The number of amides is 1. The van der Waals surface area contributed by atoms with Gasteiger partial charge >= 0.3 is 20.9 Å². The Kier molecular flexibility index (Phi) is 9.39. The number of hydrogen-bond donors (Lipinski definition) is 1. The fraction of sp³-hybridized carbons (Fsp3) is 0.556. The fourth-order valence-electron chi connectivity index (χ4n) is 2.37. The van der Waals surface area contributed by atoms with Gasteiger partial charge in [-0.3, -0.25) is 5.32 Å². The average molecular weight is 416 g/mol. The lowest BCUT2D eigenvalue weighted by Gasteiger charge is -2.42. The van der Waals surface area contributed by atoms with E-state index < -0.39 is 32.5 Å². The van der Waals surface area contributed by atoms with Crippen LogP contribution in [0.4, 0.5) is 4.79 Å². The summed E-state index contributed by atoms with van der Waals surface area (Å²) in [4.78, 5) is 24.1. The highest BCUT2D eigenvalue weighted by atomic mass is 28.4. The molecule has 0 aliphatic carbocycles. The molecule has 0 saturated heterocycles. The summed E-state index contributed by atoms with van der Waals surface area (Å²) in [5, 5.41) is 1.07. The third-order valence-corrected chi connectivity index (χ3v) is 6.74. The maximum atomic E-state index is 12.5. The first kappa shape index (κ1) is 23.9. The van der Waals surface area contributed by atoms with Gasteiger partial charge in [0.2, 0.25) is 6.29 Å². The van der Waals surface area contributed by atoms with Gasteiger partial charge in [-0.1, -0.05) is 12.7 Å². The molecule has 1 rings (SSSR count). The molecule has 2 atom stereocenters. The summed E-state index contributed by atoms with van der Waals surface area (Å²) >= 11 is 0. The molecule has 1 heterocycles. The number of carbonyl (C=O) groups excluding carboxylic acids is 2. The molecule has 1 amide bonds. The van der Waals surface area contributed by atoms with Crippen LogP contribution in [0.15, 0.2) is 36.6 Å². The minimum Gasteiger partial charge on any atom is -0.466 e. The first-order valence-electron chi connectivity index (χ1n) is 9.05. The zero-order chi connectivity index (χ0) is 21.2. The fourth-order valence-corrected chi connectivity index (χ4v) is 5.17. The molecule has 0 radical (unpaired) electrons. The van der Waals surface area contributed by atoms with Gasteiger partial charge in [-0.15, -0.1) is 0 Å². The van der Waals surface area contributed by atoms with E-state index in [1.54, 1.807) is 39.0 Å². The Morgan fingerprint density at radius 3 is 2.11 bits per heavy atom. The van der Waals surface area contributed by atoms with E-state index in [9.17, 15) is 9.59 Å². The number of carbonyl (C=O) groups is 2. The lowest BCUT2D eigenvalue weighted by Crippen LogP contribution is -2.72. The highest BCUT2D eigenvalue weighted by Gasteiger charge is 2.64. The zero-order valence-corrected chi connectivity index (χ0v) is 18.0. The van der Waals surface area contributed by atoms with Gasteiger partial charge in [0.25, 0.3) is 5.35 Å².